The zero-order valence-corrected chi connectivity index (χ0v) is 13.4. The van der Waals surface area contributed by atoms with Gasteiger partial charge in [0.15, 0.2) is 0 Å². The van der Waals surface area contributed by atoms with E-state index in [9.17, 15) is 0 Å². The number of likely N-dealkylation sites (N-methyl/N-ethyl adjacent to an activating group) is 1. The van der Waals surface area contributed by atoms with Gasteiger partial charge in [-0.15, -0.1) is 0 Å². The quantitative estimate of drug-likeness (QED) is 0.880. The maximum atomic E-state index is 6.13. The molecule has 0 radical (unpaired) electrons. The average molecular weight is 274 g/mol. The van der Waals surface area contributed by atoms with Crippen molar-refractivity contribution in [3.63, 3.8) is 0 Å². The summed E-state index contributed by atoms with van der Waals surface area (Å²) in [6.07, 6.45) is 6.85. The van der Waals surface area contributed by atoms with E-state index in [-0.39, 0.29) is 0 Å². The maximum absolute atomic E-state index is 6.13. The second-order valence-electron chi connectivity index (χ2n) is 6.22. The molecule has 0 heterocycles. The number of nitrogens with zero attached hydrogens (tertiary/aromatic N) is 1. The van der Waals surface area contributed by atoms with Crippen LogP contribution in [0.1, 0.15) is 61.8 Å². The van der Waals surface area contributed by atoms with Crippen molar-refractivity contribution < 1.29 is 0 Å². The third-order valence-corrected chi connectivity index (χ3v) is 4.95. The summed E-state index contributed by atoms with van der Waals surface area (Å²) in [4.78, 5) is 2.64. The Morgan fingerprint density at radius 3 is 2.40 bits per heavy atom. The second-order valence-corrected chi connectivity index (χ2v) is 6.22. The summed E-state index contributed by atoms with van der Waals surface area (Å²) >= 11 is 0. The summed E-state index contributed by atoms with van der Waals surface area (Å²) in [5.74, 6) is 0. The van der Waals surface area contributed by atoms with Crippen molar-refractivity contribution in [2.75, 3.05) is 13.1 Å². The molecule has 1 saturated carbocycles. The van der Waals surface area contributed by atoms with Gasteiger partial charge in [-0.3, -0.25) is 4.90 Å². The number of aryl methyl sites for hydroxylation is 2. The van der Waals surface area contributed by atoms with E-state index in [1.54, 1.807) is 0 Å². The summed E-state index contributed by atoms with van der Waals surface area (Å²) in [6.45, 7) is 8.46. The van der Waals surface area contributed by atoms with E-state index in [1.165, 1.54) is 48.8 Å². The lowest BCUT2D eigenvalue weighted by Crippen LogP contribution is -2.42. The largest absolute Gasteiger partial charge is 0.329 e. The molecule has 2 heteroatoms. The van der Waals surface area contributed by atoms with Crippen LogP contribution >= 0.6 is 0 Å². The molecule has 1 fully saturated rings. The van der Waals surface area contributed by atoms with Crippen molar-refractivity contribution in [3.05, 3.63) is 34.9 Å². The van der Waals surface area contributed by atoms with Crippen LogP contribution in [0, 0.1) is 13.8 Å². The second kappa shape index (κ2) is 7.24. The Morgan fingerprint density at radius 1 is 1.15 bits per heavy atom. The molecule has 1 aromatic carbocycles. The van der Waals surface area contributed by atoms with Crippen LogP contribution < -0.4 is 5.73 Å². The Hall–Kier alpha value is -0.860. The Kier molecular flexibility index (Phi) is 5.62. The lowest BCUT2D eigenvalue weighted by molar-refractivity contribution is 0.114. The Morgan fingerprint density at radius 2 is 1.85 bits per heavy atom. The average Bonchev–Trinajstić information content (AvgIpc) is 2.48. The molecule has 112 valence electrons. The molecule has 20 heavy (non-hydrogen) atoms. The van der Waals surface area contributed by atoms with E-state index in [2.05, 4.69) is 43.9 Å². The van der Waals surface area contributed by atoms with Gasteiger partial charge in [-0.25, -0.2) is 0 Å². The van der Waals surface area contributed by atoms with Crippen molar-refractivity contribution in [2.24, 2.45) is 5.73 Å². The van der Waals surface area contributed by atoms with E-state index in [0.717, 1.165) is 12.6 Å². The summed E-state index contributed by atoms with van der Waals surface area (Å²) in [5.41, 5.74) is 10.3. The SMILES string of the molecule is CCN(C1CCCCC1)C(CN)c1ccc(C)c(C)c1. The number of rotatable bonds is 5. The highest BCUT2D eigenvalue weighted by molar-refractivity contribution is 5.32. The van der Waals surface area contributed by atoms with E-state index >= 15 is 0 Å². The lowest BCUT2D eigenvalue weighted by Gasteiger charge is -2.39. The van der Waals surface area contributed by atoms with Crippen molar-refractivity contribution in [1.82, 2.24) is 4.90 Å². The zero-order valence-electron chi connectivity index (χ0n) is 13.4. The number of nitrogens with two attached hydrogens (primary N) is 1. The molecular formula is C18H30N2. The molecule has 0 aromatic heterocycles. The van der Waals surface area contributed by atoms with Crippen LogP contribution in [0.4, 0.5) is 0 Å². The fourth-order valence-electron chi connectivity index (χ4n) is 3.58. The van der Waals surface area contributed by atoms with Gasteiger partial charge >= 0.3 is 0 Å². The van der Waals surface area contributed by atoms with Crippen LogP contribution in [-0.2, 0) is 0 Å². The van der Waals surface area contributed by atoms with Gasteiger partial charge in [-0.1, -0.05) is 44.4 Å². The van der Waals surface area contributed by atoms with Crippen LogP contribution in [-0.4, -0.2) is 24.0 Å². The van der Waals surface area contributed by atoms with E-state index in [0.29, 0.717) is 12.6 Å². The van der Waals surface area contributed by atoms with Crippen LogP contribution in [0.25, 0.3) is 0 Å². The van der Waals surface area contributed by atoms with Crippen LogP contribution in [0.2, 0.25) is 0 Å². The van der Waals surface area contributed by atoms with Crippen molar-refractivity contribution in [3.8, 4) is 0 Å². The fourth-order valence-corrected chi connectivity index (χ4v) is 3.58. The third kappa shape index (κ3) is 3.42. The molecule has 0 amide bonds. The monoisotopic (exact) mass is 274 g/mol. The van der Waals surface area contributed by atoms with Gasteiger partial charge in [-0.2, -0.15) is 0 Å². The van der Waals surface area contributed by atoms with Gasteiger partial charge in [0.2, 0.25) is 0 Å². The predicted octanol–water partition coefficient (Wildman–Crippen LogP) is 3.96. The summed E-state index contributed by atoms with van der Waals surface area (Å²) < 4.78 is 0. The molecule has 0 bridgehead atoms. The predicted molar refractivity (Wildman–Crippen MR) is 87.0 cm³/mol. The molecule has 1 aromatic rings. The van der Waals surface area contributed by atoms with Gasteiger partial charge < -0.3 is 5.73 Å². The Bertz CT molecular complexity index is 421. The van der Waals surface area contributed by atoms with Gasteiger partial charge in [0, 0.05) is 18.6 Å². The highest BCUT2D eigenvalue weighted by Gasteiger charge is 2.26. The molecule has 1 atom stereocenters. The van der Waals surface area contributed by atoms with E-state index in [1.807, 2.05) is 0 Å². The van der Waals surface area contributed by atoms with Gasteiger partial charge in [-0.05, 0) is 49.9 Å². The molecule has 0 saturated heterocycles. The molecular weight excluding hydrogens is 244 g/mol. The van der Waals surface area contributed by atoms with Crippen molar-refractivity contribution in [1.29, 1.82) is 0 Å². The minimum atomic E-state index is 0.377. The number of hydrogen-bond acceptors (Lipinski definition) is 2. The first-order valence-corrected chi connectivity index (χ1v) is 8.20. The number of benzene rings is 1. The fraction of sp³-hybridized carbons (Fsp3) is 0.667. The van der Waals surface area contributed by atoms with Crippen LogP contribution in [0.5, 0.6) is 0 Å². The van der Waals surface area contributed by atoms with Crippen LogP contribution in [0.15, 0.2) is 18.2 Å². The molecule has 0 aliphatic heterocycles. The van der Waals surface area contributed by atoms with Crippen molar-refractivity contribution >= 4 is 0 Å². The van der Waals surface area contributed by atoms with Crippen LogP contribution in [0.3, 0.4) is 0 Å². The molecule has 2 nitrogen and oxygen atoms in total. The minimum Gasteiger partial charge on any atom is -0.329 e. The molecule has 1 aliphatic carbocycles. The van der Waals surface area contributed by atoms with Gasteiger partial charge in [0.1, 0.15) is 0 Å². The molecule has 2 N–H and O–H groups in total. The topological polar surface area (TPSA) is 29.3 Å². The first-order chi connectivity index (χ1) is 9.67. The molecule has 2 rings (SSSR count). The van der Waals surface area contributed by atoms with Gasteiger partial charge in [0.05, 0.1) is 0 Å². The maximum Gasteiger partial charge on any atom is 0.0473 e. The normalized spacial score (nSPS) is 18.4. The summed E-state index contributed by atoms with van der Waals surface area (Å²) in [6, 6.07) is 7.94. The van der Waals surface area contributed by atoms with Gasteiger partial charge in [0.25, 0.3) is 0 Å². The molecule has 1 unspecified atom stereocenters. The van der Waals surface area contributed by atoms with E-state index < -0.39 is 0 Å². The number of hydrogen-bond donors (Lipinski definition) is 1. The molecule has 0 spiro atoms. The van der Waals surface area contributed by atoms with Crippen molar-refractivity contribution in [2.45, 2.75) is 65.0 Å². The third-order valence-electron chi connectivity index (χ3n) is 4.95. The summed E-state index contributed by atoms with van der Waals surface area (Å²) in [7, 11) is 0. The van der Waals surface area contributed by atoms with E-state index in [4.69, 9.17) is 5.73 Å². The first kappa shape index (κ1) is 15.5. The first-order valence-electron chi connectivity index (χ1n) is 8.20. The highest BCUT2D eigenvalue weighted by atomic mass is 15.2. The Labute approximate surface area is 124 Å². The minimum absolute atomic E-state index is 0.377. The lowest BCUT2D eigenvalue weighted by atomic mass is 9.91. The smallest absolute Gasteiger partial charge is 0.0473 e. The Balaban J connectivity index is 2.21. The summed E-state index contributed by atoms with van der Waals surface area (Å²) in [5, 5.41) is 0. The standard InChI is InChI=1S/C18H30N2/c1-4-20(17-8-6-5-7-9-17)18(13-19)16-11-10-14(2)15(3)12-16/h10-12,17-18H,4-9,13,19H2,1-3H3. The zero-order chi connectivity index (χ0) is 14.5. The highest BCUT2D eigenvalue weighted by Crippen LogP contribution is 2.30. The molecule has 1 aliphatic rings.